The summed E-state index contributed by atoms with van der Waals surface area (Å²) >= 11 is 3.42. The van der Waals surface area contributed by atoms with E-state index in [2.05, 4.69) is 6.92 Å². The quantitative estimate of drug-likeness (QED) is 0.575. The maximum absolute atomic E-state index is 12.0. The second-order valence-corrected chi connectivity index (χ2v) is 6.62. The fourth-order valence-corrected chi connectivity index (χ4v) is 5.37. The van der Waals surface area contributed by atoms with Gasteiger partial charge in [-0.2, -0.15) is 0 Å². The van der Waals surface area contributed by atoms with Crippen molar-refractivity contribution in [3.63, 3.8) is 0 Å². The predicted octanol–water partition coefficient (Wildman–Crippen LogP) is 2.64. The topological polar surface area (TPSA) is 38.8 Å². The van der Waals surface area contributed by atoms with E-state index in [-0.39, 0.29) is 10.9 Å². The van der Waals surface area contributed by atoms with Gasteiger partial charge in [0.1, 0.15) is 0 Å². The summed E-state index contributed by atoms with van der Waals surface area (Å²) < 4.78 is 11.0. The first-order valence-electron chi connectivity index (χ1n) is 5.86. The summed E-state index contributed by atoms with van der Waals surface area (Å²) in [5.74, 6) is 1.88. The van der Waals surface area contributed by atoms with Gasteiger partial charge in [0.05, 0.1) is 6.61 Å². The normalized spacial score (nSPS) is 37.4. The van der Waals surface area contributed by atoms with E-state index in [9.17, 15) is 4.79 Å². The molecule has 3 nitrogen and oxygen atoms in total. The van der Waals surface area contributed by atoms with Crippen LogP contribution < -0.4 is 0 Å². The van der Waals surface area contributed by atoms with Gasteiger partial charge in [-0.1, -0.05) is 13.3 Å². The Balaban J connectivity index is 2.14. The predicted molar refractivity (Wildman–Crippen MR) is 67.6 cm³/mol. The zero-order valence-electron chi connectivity index (χ0n) is 9.78. The standard InChI is InChI=1S/C11H18O3S2/c1-3-6-10-11(14-10,9(12)13-4-2)16-8-5-7-15-10/h3-8H2,1-2H3. The van der Waals surface area contributed by atoms with Crippen molar-refractivity contribution in [2.24, 2.45) is 0 Å². The van der Waals surface area contributed by atoms with Crippen molar-refractivity contribution in [3.8, 4) is 0 Å². The Hall–Kier alpha value is 0.130. The number of fused-ring (bicyclic) bond motifs is 1. The third-order valence-corrected chi connectivity index (χ3v) is 5.96. The van der Waals surface area contributed by atoms with E-state index in [1.165, 1.54) is 0 Å². The van der Waals surface area contributed by atoms with E-state index in [0.717, 1.165) is 30.8 Å². The maximum Gasteiger partial charge on any atom is 0.353 e. The van der Waals surface area contributed by atoms with Crippen LogP contribution in [-0.2, 0) is 14.3 Å². The van der Waals surface area contributed by atoms with Crippen LogP contribution in [0.2, 0.25) is 0 Å². The Morgan fingerprint density at radius 3 is 2.81 bits per heavy atom. The summed E-state index contributed by atoms with van der Waals surface area (Å²) in [5, 5.41) is 0. The number of carbonyl (C=O) groups excluding carboxylic acids is 1. The van der Waals surface area contributed by atoms with E-state index in [0.29, 0.717) is 6.61 Å². The summed E-state index contributed by atoms with van der Waals surface area (Å²) in [6.45, 7) is 4.40. The number of carbonyl (C=O) groups is 1. The van der Waals surface area contributed by atoms with Crippen LogP contribution in [0.5, 0.6) is 0 Å². The molecule has 2 rings (SSSR count). The maximum atomic E-state index is 12.0. The van der Waals surface area contributed by atoms with Crippen LogP contribution in [0.1, 0.15) is 33.1 Å². The van der Waals surface area contributed by atoms with Crippen LogP contribution in [0.3, 0.4) is 0 Å². The van der Waals surface area contributed by atoms with Crippen LogP contribution in [0.15, 0.2) is 0 Å². The van der Waals surface area contributed by atoms with E-state index in [1.807, 2.05) is 6.92 Å². The molecule has 2 heterocycles. The molecule has 0 aromatic heterocycles. The van der Waals surface area contributed by atoms with Gasteiger partial charge >= 0.3 is 5.97 Å². The molecule has 2 atom stereocenters. The molecule has 0 aromatic carbocycles. The molecule has 0 bridgehead atoms. The van der Waals surface area contributed by atoms with Gasteiger partial charge in [0.25, 0.3) is 4.93 Å². The van der Waals surface area contributed by atoms with E-state index in [4.69, 9.17) is 9.47 Å². The highest BCUT2D eigenvalue weighted by atomic mass is 32.2. The third kappa shape index (κ3) is 1.87. The van der Waals surface area contributed by atoms with Crippen LogP contribution >= 0.6 is 23.5 Å². The number of hydrogen-bond donors (Lipinski definition) is 0. The van der Waals surface area contributed by atoms with Crippen molar-refractivity contribution in [1.29, 1.82) is 0 Å². The fourth-order valence-electron chi connectivity index (χ4n) is 2.08. The molecule has 0 amide bonds. The molecular weight excluding hydrogens is 244 g/mol. The minimum atomic E-state index is -0.694. The summed E-state index contributed by atoms with van der Waals surface area (Å²) in [6, 6.07) is 0. The molecule has 0 aromatic rings. The molecule has 0 saturated carbocycles. The molecule has 16 heavy (non-hydrogen) atoms. The molecule has 0 N–H and O–H groups in total. The molecule has 0 aliphatic carbocycles. The monoisotopic (exact) mass is 262 g/mol. The number of esters is 1. The lowest BCUT2D eigenvalue weighted by Crippen LogP contribution is -2.31. The first kappa shape index (κ1) is 12.6. The summed E-state index contributed by atoms with van der Waals surface area (Å²) in [6.07, 6.45) is 3.11. The molecule has 0 radical (unpaired) electrons. The smallest absolute Gasteiger partial charge is 0.353 e. The fraction of sp³-hybridized carbons (Fsp3) is 0.909. The van der Waals surface area contributed by atoms with Crippen molar-refractivity contribution in [3.05, 3.63) is 0 Å². The Kier molecular flexibility index (Phi) is 3.76. The number of thioether (sulfide) groups is 2. The molecule has 2 aliphatic heterocycles. The first-order chi connectivity index (χ1) is 7.71. The van der Waals surface area contributed by atoms with Gasteiger partial charge < -0.3 is 9.47 Å². The Morgan fingerprint density at radius 1 is 1.38 bits per heavy atom. The van der Waals surface area contributed by atoms with Gasteiger partial charge in [-0.05, 0) is 31.3 Å². The van der Waals surface area contributed by atoms with Crippen LogP contribution in [0, 0.1) is 0 Å². The number of rotatable bonds is 4. The molecule has 5 heteroatoms. The Bertz CT molecular complexity index is 284. The average Bonchev–Trinajstić information content (AvgIpc) is 2.89. The highest BCUT2D eigenvalue weighted by Crippen LogP contribution is 2.66. The van der Waals surface area contributed by atoms with Gasteiger partial charge in [0.15, 0.2) is 4.93 Å². The van der Waals surface area contributed by atoms with Crippen molar-refractivity contribution < 1.29 is 14.3 Å². The Morgan fingerprint density at radius 2 is 2.12 bits per heavy atom. The molecule has 92 valence electrons. The molecule has 0 spiro atoms. The zero-order chi connectivity index (χ0) is 11.6. The van der Waals surface area contributed by atoms with Crippen molar-refractivity contribution in [1.82, 2.24) is 0 Å². The minimum Gasteiger partial charge on any atom is -0.463 e. The summed E-state index contributed by atoms with van der Waals surface area (Å²) in [5.41, 5.74) is 0. The van der Waals surface area contributed by atoms with Crippen molar-refractivity contribution in [2.75, 3.05) is 18.1 Å². The highest BCUT2D eigenvalue weighted by Gasteiger charge is 2.76. The van der Waals surface area contributed by atoms with Gasteiger partial charge in [-0.3, -0.25) is 0 Å². The van der Waals surface area contributed by atoms with Gasteiger partial charge in [-0.25, -0.2) is 4.79 Å². The van der Waals surface area contributed by atoms with Crippen LogP contribution in [0.4, 0.5) is 0 Å². The minimum absolute atomic E-state index is 0.178. The van der Waals surface area contributed by atoms with E-state index >= 15 is 0 Å². The highest BCUT2D eigenvalue weighted by molar-refractivity contribution is 8.06. The van der Waals surface area contributed by atoms with Gasteiger partial charge in [0.2, 0.25) is 0 Å². The molecule has 2 aliphatic rings. The van der Waals surface area contributed by atoms with E-state index < -0.39 is 4.93 Å². The van der Waals surface area contributed by atoms with Gasteiger partial charge in [-0.15, -0.1) is 23.5 Å². The van der Waals surface area contributed by atoms with Gasteiger partial charge in [0, 0.05) is 0 Å². The summed E-state index contributed by atoms with van der Waals surface area (Å²) in [7, 11) is 0. The molecule has 2 fully saturated rings. The lowest BCUT2D eigenvalue weighted by molar-refractivity contribution is -0.145. The molecule has 2 saturated heterocycles. The second-order valence-electron chi connectivity index (χ2n) is 3.99. The SMILES string of the molecule is CCCC12OC1(C(=O)OCC)SCCCS2. The van der Waals surface area contributed by atoms with Crippen molar-refractivity contribution in [2.45, 2.75) is 43.0 Å². The van der Waals surface area contributed by atoms with Crippen LogP contribution in [-0.4, -0.2) is 33.9 Å². The lowest BCUT2D eigenvalue weighted by atomic mass is 10.2. The largest absolute Gasteiger partial charge is 0.463 e. The molecule has 2 unspecified atom stereocenters. The number of ether oxygens (including phenoxy) is 2. The number of hydrogen-bond acceptors (Lipinski definition) is 5. The first-order valence-corrected chi connectivity index (χ1v) is 7.83. The average molecular weight is 262 g/mol. The van der Waals surface area contributed by atoms with E-state index in [1.54, 1.807) is 23.5 Å². The Labute approximate surface area is 105 Å². The van der Waals surface area contributed by atoms with Crippen LogP contribution in [0.25, 0.3) is 0 Å². The third-order valence-electron chi connectivity index (χ3n) is 2.82. The molecular formula is C11H18O3S2. The number of epoxide rings is 1. The lowest BCUT2D eigenvalue weighted by Gasteiger charge is -2.14. The summed E-state index contributed by atoms with van der Waals surface area (Å²) in [4.78, 5) is 11.0. The zero-order valence-corrected chi connectivity index (χ0v) is 11.4. The second kappa shape index (κ2) is 4.78. The van der Waals surface area contributed by atoms with Crippen molar-refractivity contribution >= 4 is 29.5 Å².